The molecule has 0 aromatic carbocycles. The van der Waals surface area contributed by atoms with Crippen molar-refractivity contribution in [3.63, 3.8) is 0 Å². The molecule has 0 N–H and O–H groups in total. The second kappa shape index (κ2) is 6.28. The Morgan fingerprint density at radius 1 is 1.12 bits per heavy atom. The third-order valence-corrected chi connectivity index (χ3v) is 11.4. The predicted octanol–water partition coefficient (Wildman–Crippen LogP) is 4.29. The van der Waals surface area contributed by atoms with Gasteiger partial charge < -0.3 is 4.90 Å². The third kappa shape index (κ3) is 2.64. The van der Waals surface area contributed by atoms with E-state index in [4.69, 9.17) is 4.98 Å². The van der Waals surface area contributed by atoms with Crippen LogP contribution < -0.4 is 0 Å². The Hall–Kier alpha value is -1.60. The van der Waals surface area contributed by atoms with Crippen LogP contribution in [0.4, 0.5) is 0 Å². The van der Waals surface area contributed by atoms with Gasteiger partial charge in [-0.2, -0.15) is 0 Å². The molecule has 0 bridgehead atoms. The van der Waals surface area contributed by atoms with Crippen LogP contribution in [-0.2, 0) is 18.4 Å². The number of rotatable bonds is 3. The fourth-order valence-electron chi connectivity index (χ4n) is 4.22. The molecule has 4 heteroatoms. The Balaban J connectivity index is 2.18. The maximum Gasteiger partial charge on any atom is 0.256 e. The molecule has 25 heavy (non-hydrogen) atoms. The van der Waals surface area contributed by atoms with Gasteiger partial charge in [-0.05, 0) is 62.4 Å². The monoisotopic (exact) mass is 354 g/mol. The predicted molar refractivity (Wildman–Crippen MR) is 105 cm³/mol. The van der Waals surface area contributed by atoms with Crippen molar-refractivity contribution in [3.8, 4) is 11.5 Å². The molecule has 1 aliphatic heterocycles. The molecule has 1 amide bonds. The first kappa shape index (κ1) is 18.2. The molecule has 134 valence electrons. The fraction of sp³-hybridized carbons (Fsp3) is 0.619. The summed E-state index contributed by atoms with van der Waals surface area (Å²) < 4.78 is 0. The maximum absolute atomic E-state index is 12.8. The van der Waals surface area contributed by atoms with Gasteiger partial charge >= 0.3 is 0 Å². The van der Waals surface area contributed by atoms with Crippen molar-refractivity contribution in [3.05, 3.63) is 28.1 Å². The molecule has 1 aliphatic carbocycles. The van der Waals surface area contributed by atoms with E-state index >= 15 is 0 Å². The van der Waals surface area contributed by atoms with Gasteiger partial charge in [0.05, 0.1) is 16.8 Å². The zero-order valence-corrected chi connectivity index (χ0v) is 17.5. The highest BCUT2D eigenvalue weighted by Gasteiger charge is 2.45. The molecule has 0 radical (unpaired) electrons. The number of fused-ring (bicyclic) bond motifs is 3. The van der Waals surface area contributed by atoms with Gasteiger partial charge in [-0.1, -0.05) is 26.7 Å². The van der Waals surface area contributed by atoms with Gasteiger partial charge in [-0.15, -0.1) is 5.54 Å². The highest BCUT2D eigenvalue weighted by atomic mass is 28.3. The summed E-state index contributed by atoms with van der Waals surface area (Å²) in [4.78, 5) is 19.6. The lowest BCUT2D eigenvalue weighted by Gasteiger charge is -2.27. The molecule has 2 aliphatic rings. The van der Waals surface area contributed by atoms with Crippen molar-refractivity contribution >= 4 is 14.0 Å². The number of hydrogen-bond acceptors (Lipinski definition) is 2. The van der Waals surface area contributed by atoms with Gasteiger partial charge in [0.2, 0.25) is 0 Å². The van der Waals surface area contributed by atoms with Crippen LogP contribution in [0.5, 0.6) is 0 Å². The molecule has 0 unspecified atom stereocenters. The van der Waals surface area contributed by atoms with E-state index < -0.39 is 8.07 Å². The molecule has 0 atom stereocenters. The molecule has 1 aromatic heterocycles. The number of carbonyl (C=O) groups is 1. The van der Waals surface area contributed by atoms with Crippen molar-refractivity contribution in [1.29, 1.82) is 0 Å². The normalized spacial score (nSPS) is 18.0. The summed E-state index contributed by atoms with van der Waals surface area (Å²) in [5.41, 5.74) is 8.58. The molecule has 1 aromatic rings. The van der Waals surface area contributed by atoms with Crippen LogP contribution in [0.25, 0.3) is 0 Å². The summed E-state index contributed by atoms with van der Waals surface area (Å²) >= 11 is 0. The van der Waals surface area contributed by atoms with Gasteiger partial charge in [0.1, 0.15) is 13.8 Å². The van der Waals surface area contributed by atoms with Crippen molar-refractivity contribution in [2.75, 3.05) is 7.05 Å². The molecule has 3 rings (SSSR count). The van der Waals surface area contributed by atoms with Crippen LogP contribution in [0.15, 0.2) is 0 Å². The van der Waals surface area contributed by atoms with E-state index in [9.17, 15) is 4.79 Å². The average Bonchev–Trinajstić information content (AvgIpc) is 3.16. The van der Waals surface area contributed by atoms with Crippen molar-refractivity contribution < 1.29 is 4.79 Å². The van der Waals surface area contributed by atoms with E-state index in [1.54, 1.807) is 0 Å². The highest BCUT2D eigenvalue weighted by Crippen LogP contribution is 2.41. The van der Waals surface area contributed by atoms with E-state index in [0.717, 1.165) is 36.2 Å². The summed E-state index contributed by atoms with van der Waals surface area (Å²) in [6, 6.07) is 3.60. The van der Waals surface area contributed by atoms with E-state index in [1.807, 2.05) is 11.9 Å². The SMILES string of the molecule is CC[Si](C#Cc1nc2c(c3c1CCC3)C(=O)N(C)C2(C)C)(CC)CC. The first-order valence-corrected chi connectivity index (χ1v) is 12.3. The zero-order chi connectivity index (χ0) is 18.4. The summed E-state index contributed by atoms with van der Waals surface area (Å²) in [6.07, 6.45) is 3.11. The Labute approximate surface area is 153 Å². The summed E-state index contributed by atoms with van der Waals surface area (Å²) in [6.45, 7) is 11.0. The van der Waals surface area contributed by atoms with Crippen LogP contribution in [0, 0.1) is 11.5 Å². The second-order valence-electron chi connectivity index (χ2n) is 8.01. The van der Waals surface area contributed by atoms with Crippen LogP contribution in [0.1, 0.15) is 73.9 Å². The largest absolute Gasteiger partial charge is 0.331 e. The van der Waals surface area contributed by atoms with E-state index in [1.165, 1.54) is 29.3 Å². The minimum Gasteiger partial charge on any atom is -0.331 e. The number of nitrogens with zero attached hydrogens (tertiary/aromatic N) is 2. The molecule has 0 fully saturated rings. The summed E-state index contributed by atoms with van der Waals surface area (Å²) in [5.74, 6) is 3.64. The van der Waals surface area contributed by atoms with Crippen molar-refractivity contribution in [2.45, 2.75) is 77.6 Å². The third-order valence-electron chi connectivity index (χ3n) is 6.68. The zero-order valence-electron chi connectivity index (χ0n) is 16.5. The molecular formula is C21H30N2OSi. The molecular weight excluding hydrogens is 324 g/mol. The summed E-state index contributed by atoms with van der Waals surface area (Å²) in [5, 5.41) is 0. The molecule has 2 heterocycles. The smallest absolute Gasteiger partial charge is 0.256 e. The Bertz CT molecular complexity index is 773. The Morgan fingerprint density at radius 3 is 2.32 bits per heavy atom. The maximum atomic E-state index is 12.8. The van der Waals surface area contributed by atoms with Gasteiger partial charge in [-0.25, -0.2) is 4.98 Å². The van der Waals surface area contributed by atoms with Crippen LogP contribution in [0.3, 0.4) is 0 Å². The standard InChI is InChI=1S/C21H30N2OSi/c1-7-25(8-2,9-3)14-13-17-15-11-10-12-16(15)18-19(22-17)21(4,5)23(6)20(18)24/h7-12H2,1-6H3. The molecule has 0 saturated carbocycles. The molecule has 0 saturated heterocycles. The first-order chi connectivity index (χ1) is 11.8. The number of pyridine rings is 1. The van der Waals surface area contributed by atoms with Gasteiger partial charge in [0, 0.05) is 7.05 Å². The lowest BCUT2D eigenvalue weighted by Crippen LogP contribution is -2.35. The Kier molecular flexibility index (Phi) is 4.57. The van der Waals surface area contributed by atoms with Crippen molar-refractivity contribution in [2.24, 2.45) is 0 Å². The number of hydrogen-bond donors (Lipinski definition) is 0. The minimum atomic E-state index is -1.50. The van der Waals surface area contributed by atoms with Crippen molar-refractivity contribution in [1.82, 2.24) is 9.88 Å². The first-order valence-electron chi connectivity index (χ1n) is 9.68. The van der Waals surface area contributed by atoms with Gasteiger partial charge in [-0.3, -0.25) is 4.79 Å². The van der Waals surface area contributed by atoms with E-state index in [0.29, 0.717) is 0 Å². The van der Waals surface area contributed by atoms with Gasteiger partial charge in [0.25, 0.3) is 5.91 Å². The lowest BCUT2D eigenvalue weighted by molar-refractivity contribution is 0.0687. The van der Waals surface area contributed by atoms with Gasteiger partial charge in [0.15, 0.2) is 0 Å². The quantitative estimate of drug-likeness (QED) is 0.599. The van der Waals surface area contributed by atoms with Crippen LogP contribution in [0.2, 0.25) is 18.1 Å². The Morgan fingerprint density at radius 2 is 1.72 bits per heavy atom. The van der Waals surface area contributed by atoms with Crippen LogP contribution in [-0.4, -0.2) is 30.9 Å². The lowest BCUT2D eigenvalue weighted by atomic mass is 9.94. The summed E-state index contributed by atoms with van der Waals surface area (Å²) in [7, 11) is 0.389. The number of carbonyl (C=O) groups excluding carboxylic acids is 1. The fourth-order valence-corrected chi connectivity index (χ4v) is 6.64. The number of amides is 1. The van der Waals surface area contributed by atoms with E-state index in [-0.39, 0.29) is 11.4 Å². The highest BCUT2D eigenvalue weighted by molar-refractivity contribution is 6.87. The van der Waals surface area contributed by atoms with Crippen LogP contribution >= 0.6 is 0 Å². The minimum absolute atomic E-state index is 0.129. The van der Waals surface area contributed by atoms with E-state index in [2.05, 4.69) is 46.1 Å². The number of aromatic nitrogens is 1. The second-order valence-corrected chi connectivity index (χ2v) is 12.9. The average molecular weight is 355 g/mol. The molecule has 3 nitrogen and oxygen atoms in total. The molecule has 0 spiro atoms. The topological polar surface area (TPSA) is 33.2 Å².